The van der Waals surface area contributed by atoms with Gasteiger partial charge < -0.3 is 20.7 Å². The second-order valence-electron chi connectivity index (χ2n) is 5.96. The molecule has 4 N–H and O–H groups in total. The molecule has 6 heteroatoms. The van der Waals surface area contributed by atoms with E-state index < -0.39 is 0 Å². The number of anilines is 2. The zero-order valence-electron chi connectivity index (χ0n) is 13.2. The van der Waals surface area contributed by atoms with Crippen molar-refractivity contribution in [1.29, 1.82) is 0 Å². The highest BCUT2D eigenvalue weighted by molar-refractivity contribution is 5.96. The zero-order chi connectivity index (χ0) is 16.1. The molecule has 1 saturated heterocycles. The van der Waals surface area contributed by atoms with E-state index in [1.807, 2.05) is 12.1 Å². The smallest absolute Gasteiger partial charge is 0.282 e. The lowest BCUT2D eigenvalue weighted by Crippen LogP contribution is -2.66. The Morgan fingerprint density at radius 1 is 1.36 bits per heavy atom. The summed E-state index contributed by atoms with van der Waals surface area (Å²) in [6.07, 6.45) is 0.756. The van der Waals surface area contributed by atoms with Crippen LogP contribution in [0.2, 0.25) is 0 Å². The summed E-state index contributed by atoms with van der Waals surface area (Å²) in [5, 5.41) is 2.86. The topological polar surface area (TPSA) is 86.3 Å². The number of hydrogen-bond acceptors (Lipinski definition) is 3. The van der Waals surface area contributed by atoms with Crippen LogP contribution in [0.15, 0.2) is 24.3 Å². The van der Waals surface area contributed by atoms with Crippen molar-refractivity contribution in [3.8, 4) is 0 Å². The summed E-state index contributed by atoms with van der Waals surface area (Å²) in [7, 11) is 0. The van der Waals surface area contributed by atoms with Crippen LogP contribution in [0.5, 0.6) is 0 Å². The van der Waals surface area contributed by atoms with E-state index in [0.717, 1.165) is 12.1 Å². The lowest BCUT2D eigenvalue weighted by Gasteiger charge is -2.26. The summed E-state index contributed by atoms with van der Waals surface area (Å²) in [6, 6.07) is 7.01. The Bertz CT molecular complexity index is 528. The molecule has 0 aliphatic carbocycles. The second-order valence-corrected chi connectivity index (χ2v) is 5.96. The molecule has 6 nitrogen and oxygen atoms in total. The van der Waals surface area contributed by atoms with Crippen LogP contribution in [0.25, 0.3) is 0 Å². The third kappa shape index (κ3) is 4.29. The van der Waals surface area contributed by atoms with Gasteiger partial charge in [0.1, 0.15) is 6.61 Å². The lowest BCUT2D eigenvalue weighted by molar-refractivity contribution is -0.405. The minimum Gasteiger partial charge on any atom is -0.370 e. The third-order valence-corrected chi connectivity index (χ3v) is 3.56. The molecule has 0 unspecified atom stereocenters. The molecule has 1 aliphatic rings. The average Bonchev–Trinajstić information content (AvgIpc) is 2.48. The van der Waals surface area contributed by atoms with E-state index in [2.05, 4.69) is 24.9 Å². The van der Waals surface area contributed by atoms with Crippen molar-refractivity contribution in [3.05, 3.63) is 24.3 Å². The molecule has 1 aromatic carbocycles. The maximum absolute atomic E-state index is 12.0. The first-order valence-corrected chi connectivity index (χ1v) is 7.59. The fourth-order valence-corrected chi connectivity index (χ4v) is 2.44. The van der Waals surface area contributed by atoms with Crippen LogP contribution in [-0.4, -0.2) is 37.6 Å². The first kappa shape index (κ1) is 16.5. The first-order valence-electron chi connectivity index (χ1n) is 7.59. The molecular formula is C16H24N3O3+. The summed E-state index contributed by atoms with van der Waals surface area (Å²) >= 11 is 0. The second kappa shape index (κ2) is 7.38. The van der Waals surface area contributed by atoms with E-state index in [1.165, 1.54) is 0 Å². The highest BCUT2D eigenvalue weighted by Gasteiger charge is 2.21. The van der Waals surface area contributed by atoms with Gasteiger partial charge in [0, 0.05) is 24.3 Å². The molecule has 1 aliphatic heterocycles. The number of rotatable bonds is 5. The van der Waals surface area contributed by atoms with Crippen molar-refractivity contribution in [3.63, 3.8) is 0 Å². The van der Waals surface area contributed by atoms with Crippen LogP contribution in [0.3, 0.4) is 0 Å². The quantitative estimate of drug-likeness (QED) is 0.837. The fourth-order valence-electron chi connectivity index (χ4n) is 2.44. The number of nitrogens with one attached hydrogen (secondary N) is 1. The normalized spacial score (nSPS) is 16.7. The molecule has 1 heterocycles. The highest BCUT2D eigenvalue weighted by Crippen LogP contribution is 2.19. The Morgan fingerprint density at radius 3 is 2.64 bits per heavy atom. The number of ether oxygens (including phenoxy) is 1. The van der Waals surface area contributed by atoms with Gasteiger partial charge in [0.05, 0.1) is 6.61 Å². The van der Waals surface area contributed by atoms with Crippen molar-refractivity contribution in [2.45, 2.75) is 26.3 Å². The van der Waals surface area contributed by atoms with Crippen molar-refractivity contribution >= 4 is 23.2 Å². The van der Waals surface area contributed by atoms with E-state index in [-0.39, 0.29) is 24.5 Å². The fraction of sp³-hybridized carbons (Fsp3) is 0.500. The average molecular weight is 306 g/mol. The Hall–Kier alpha value is -1.92. The van der Waals surface area contributed by atoms with Gasteiger partial charge in [-0.15, -0.1) is 0 Å². The summed E-state index contributed by atoms with van der Waals surface area (Å²) < 4.78 is 5.11. The molecule has 0 aromatic heterocycles. The molecule has 0 spiro atoms. The maximum atomic E-state index is 12.0. The summed E-state index contributed by atoms with van der Waals surface area (Å²) in [5.74, 6) is 0.310. The monoisotopic (exact) mass is 306 g/mol. The molecule has 1 fully saturated rings. The Balaban J connectivity index is 1.97. The molecule has 1 aromatic rings. The van der Waals surface area contributed by atoms with Gasteiger partial charge in [-0.05, 0) is 30.2 Å². The number of hydrogen-bond donors (Lipinski definition) is 2. The van der Waals surface area contributed by atoms with Crippen molar-refractivity contribution in [2.24, 2.45) is 5.92 Å². The zero-order valence-corrected chi connectivity index (χ0v) is 13.2. The Morgan fingerprint density at radius 2 is 2.05 bits per heavy atom. The van der Waals surface area contributed by atoms with Crippen molar-refractivity contribution < 1.29 is 20.1 Å². The first-order chi connectivity index (χ1) is 10.5. The SMILES string of the molecule is CC(C)C[C@@H]([NH3+])C(=O)Nc1ccc(N2CCOCC2=O)cc1. The van der Waals surface area contributed by atoms with Crippen LogP contribution in [0, 0.1) is 5.92 Å². The number of nitrogens with zero attached hydrogens (tertiary/aromatic N) is 1. The predicted molar refractivity (Wildman–Crippen MR) is 84.4 cm³/mol. The van der Waals surface area contributed by atoms with Crippen LogP contribution in [0.4, 0.5) is 11.4 Å². The number of carbonyl (C=O) groups excluding carboxylic acids is 2. The maximum Gasteiger partial charge on any atom is 0.282 e. The minimum absolute atomic E-state index is 0.0437. The van der Waals surface area contributed by atoms with Gasteiger partial charge >= 0.3 is 0 Å². The van der Waals surface area contributed by atoms with E-state index in [4.69, 9.17) is 4.74 Å². The van der Waals surface area contributed by atoms with Gasteiger partial charge in [-0.1, -0.05) is 13.8 Å². The van der Waals surface area contributed by atoms with Crippen molar-refractivity contribution in [1.82, 2.24) is 0 Å². The molecule has 22 heavy (non-hydrogen) atoms. The van der Waals surface area contributed by atoms with Gasteiger partial charge in [-0.3, -0.25) is 9.59 Å². The molecule has 120 valence electrons. The molecule has 0 bridgehead atoms. The number of quaternary nitrogens is 1. The standard InChI is InChI=1S/C16H23N3O3/c1-11(2)9-14(17)16(21)18-12-3-5-13(6-4-12)19-7-8-22-10-15(19)20/h3-6,11,14H,7-10,17H2,1-2H3,(H,18,21)/p+1/t14-/m1/s1. The van der Waals surface area contributed by atoms with Crippen LogP contribution in [0.1, 0.15) is 20.3 Å². The molecule has 0 radical (unpaired) electrons. The van der Waals surface area contributed by atoms with Gasteiger partial charge in [-0.25, -0.2) is 0 Å². The summed E-state index contributed by atoms with van der Waals surface area (Å²) in [5.41, 5.74) is 5.43. The summed E-state index contributed by atoms with van der Waals surface area (Å²) in [6.45, 7) is 5.36. The predicted octanol–water partition coefficient (Wildman–Crippen LogP) is 0.645. The summed E-state index contributed by atoms with van der Waals surface area (Å²) in [4.78, 5) is 25.5. The molecule has 2 amide bonds. The molecular weight excluding hydrogens is 282 g/mol. The van der Waals surface area contributed by atoms with E-state index in [9.17, 15) is 9.59 Å². The Labute approximate surface area is 130 Å². The Kier molecular flexibility index (Phi) is 5.51. The van der Waals surface area contributed by atoms with Crippen LogP contribution in [-0.2, 0) is 14.3 Å². The van der Waals surface area contributed by atoms with E-state index in [1.54, 1.807) is 17.0 Å². The lowest BCUT2D eigenvalue weighted by atomic mass is 10.0. The minimum atomic E-state index is -0.263. The van der Waals surface area contributed by atoms with Crippen LogP contribution >= 0.6 is 0 Å². The number of benzene rings is 1. The number of amides is 2. The third-order valence-electron chi connectivity index (χ3n) is 3.56. The molecule has 1 atom stereocenters. The van der Waals surface area contributed by atoms with Crippen molar-refractivity contribution in [2.75, 3.05) is 30.0 Å². The number of carbonyl (C=O) groups is 2. The molecule has 2 rings (SSSR count). The number of morpholine rings is 1. The van der Waals surface area contributed by atoms with Gasteiger partial charge in [0.15, 0.2) is 6.04 Å². The molecule has 0 saturated carbocycles. The van der Waals surface area contributed by atoms with E-state index >= 15 is 0 Å². The van der Waals surface area contributed by atoms with Gasteiger partial charge in [0.2, 0.25) is 0 Å². The van der Waals surface area contributed by atoms with E-state index in [0.29, 0.717) is 24.8 Å². The highest BCUT2D eigenvalue weighted by atomic mass is 16.5. The van der Waals surface area contributed by atoms with Gasteiger partial charge in [-0.2, -0.15) is 0 Å². The largest absolute Gasteiger partial charge is 0.370 e. The van der Waals surface area contributed by atoms with Crippen LogP contribution < -0.4 is 16.0 Å². The van der Waals surface area contributed by atoms with Gasteiger partial charge in [0.25, 0.3) is 11.8 Å².